The molecule has 0 atom stereocenters. The van der Waals surface area contributed by atoms with Crippen LogP contribution in [0.4, 0.5) is 0 Å². The molecule has 1 aromatic heterocycles. The minimum Gasteiger partial charge on any atom is -0.144 e. The Morgan fingerprint density at radius 3 is 2.64 bits per heavy atom. The van der Waals surface area contributed by atoms with Crippen LogP contribution in [0.2, 0.25) is 0 Å². The molecule has 0 aliphatic carbocycles. The van der Waals surface area contributed by atoms with Crippen molar-refractivity contribution in [1.82, 2.24) is 0 Å². The Hall–Kier alpha value is -2.12. The highest BCUT2D eigenvalue weighted by molar-refractivity contribution is 7.17. The van der Waals surface area contributed by atoms with Crippen LogP contribution in [0, 0.1) is 6.92 Å². The number of benzene rings is 3. The number of thiophene rings is 1. The van der Waals surface area contributed by atoms with Gasteiger partial charge in [-0.1, -0.05) is 43.3 Å². The summed E-state index contributed by atoms with van der Waals surface area (Å²) in [4.78, 5) is 0. The molecule has 0 unspecified atom stereocenters. The molecule has 0 nitrogen and oxygen atoms in total. The molecule has 0 fully saturated rings. The first-order chi connectivity index (χ1) is 10.8. The highest BCUT2D eigenvalue weighted by Gasteiger charge is 2.12. The molecule has 0 saturated heterocycles. The van der Waals surface area contributed by atoms with Crippen LogP contribution in [0.15, 0.2) is 60.0 Å². The van der Waals surface area contributed by atoms with Crippen molar-refractivity contribution in [3.63, 3.8) is 0 Å². The minimum atomic E-state index is 1.06. The molecule has 0 bridgehead atoms. The van der Waals surface area contributed by atoms with Gasteiger partial charge in [-0.05, 0) is 75.3 Å². The Balaban J connectivity index is 2.12. The van der Waals surface area contributed by atoms with Gasteiger partial charge in [0.25, 0.3) is 0 Å². The monoisotopic (exact) mass is 302 g/mol. The summed E-state index contributed by atoms with van der Waals surface area (Å²) < 4.78 is 1.37. The molecule has 1 heterocycles. The fourth-order valence-corrected chi connectivity index (χ4v) is 4.13. The topological polar surface area (TPSA) is 0 Å². The van der Waals surface area contributed by atoms with Crippen molar-refractivity contribution in [3.8, 4) is 11.1 Å². The van der Waals surface area contributed by atoms with Crippen LogP contribution < -0.4 is 0 Å². The van der Waals surface area contributed by atoms with Crippen molar-refractivity contribution >= 4 is 32.2 Å². The Kier molecular flexibility index (Phi) is 3.24. The minimum absolute atomic E-state index is 1.06. The molecule has 4 aromatic rings. The average Bonchev–Trinajstić information content (AvgIpc) is 3.00. The van der Waals surface area contributed by atoms with Crippen molar-refractivity contribution in [2.75, 3.05) is 0 Å². The van der Waals surface area contributed by atoms with E-state index in [0.717, 1.165) is 6.42 Å². The van der Waals surface area contributed by atoms with Crippen molar-refractivity contribution in [3.05, 3.63) is 71.1 Å². The molecule has 0 N–H and O–H groups in total. The van der Waals surface area contributed by atoms with E-state index in [0.29, 0.717) is 0 Å². The molecule has 0 spiro atoms. The third-order valence-electron chi connectivity index (χ3n) is 4.46. The lowest BCUT2D eigenvalue weighted by Crippen LogP contribution is -1.92. The Morgan fingerprint density at radius 2 is 1.77 bits per heavy atom. The average molecular weight is 302 g/mol. The summed E-state index contributed by atoms with van der Waals surface area (Å²) >= 11 is 1.82. The third kappa shape index (κ3) is 2.05. The van der Waals surface area contributed by atoms with Gasteiger partial charge < -0.3 is 0 Å². The van der Waals surface area contributed by atoms with Gasteiger partial charge in [-0.15, -0.1) is 11.3 Å². The van der Waals surface area contributed by atoms with Crippen molar-refractivity contribution in [2.24, 2.45) is 0 Å². The normalized spacial score (nSPS) is 11.4. The number of hydrogen-bond acceptors (Lipinski definition) is 1. The summed E-state index contributed by atoms with van der Waals surface area (Å²) in [6, 6.07) is 20.2. The lowest BCUT2D eigenvalue weighted by atomic mass is 9.89. The summed E-state index contributed by atoms with van der Waals surface area (Å²) in [7, 11) is 0. The number of hydrogen-bond donors (Lipinski definition) is 0. The van der Waals surface area contributed by atoms with Gasteiger partial charge in [0.05, 0.1) is 0 Å². The standard InChI is InChI=1S/C21H18S/c1-3-15-8-9-16-6-4-5-7-18(16)21(15)19-13-20-17(10-11-22-20)12-14(19)2/h4-13H,3H2,1-2H3. The van der Waals surface area contributed by atoms with Crippen LogP contribution in [0.5, 0.6) is 0 Å². The van der Waals surface area contributed by atoms with Crippen LogP contribution in [0.3, 0.4) is 0 Å². The van der Waals surface area contributed by atoms with Crippen LogP contribution >= 0.6 is 11.3 Å². The van der Waals surface area contributed by atoms with Crippen LogP contribution in [-0.4, -0.2) is 0 Å². The van der Waals surface area contributed by atoms with E-state index in [1.165, 1.54) is 43.1 Å². The Morgan fingerprint density at radius 1 is 0.909 bits per heavy atom. The zero-order valence-corrected chi connectivity index (χ0v) is 13.7. The van der Waals surface area contributed by atoms with E-state index in [1.807, 2.05) is 11.3 Å². The molecular formula is C21H18S. The van der Waals surface area contributed by atoms with Gasteiger partial charge in [0.15, 0.2) is 0 Å². The van der Waals surface area contributed by atoms with E-state index < -0.39 is 0 Å². The summed E-state index contributed by atoms with van der Waals surface area (Å²) in [5, 5.41) is 6.21. The Labute approximate surface area is 135 Å². The second kappa shape index (κ2) is 5.26. The molecule has 22 heavy (non-hydrogen) atoms. The third-order valence-corrected chi connectivity index (χ3v) is 5.34. The number of rotatable bonds is 2. The maximum atomic E-state index is 2.37. The SMILES string of the molecule is CCc1ccc2ccccc2c1-c1cc2sccc2cc1C. The van der Waals surface area contributed by atoms with Crippen LogP contribution in [0.1, 0.15) is 18.1 Å². The van der Waals surface area contributed by atoms with E-state index in [2.05, 4.69) is 73.8 Å². The zero-order valence-electron chi connectivity index (χ0n) is 12.9. The summed E-state index contributed by atoms with van der Waals surface area (Å²) in [5.74, 6) is 0. The van der Waals surface area contributed by atoms with Gasteiger partial charge in [0, 0.05) is 4.70 Å². The van der Waals surface area contributed by atoms with Crippen molar-refractivity contribution < 1.29 is 0 Å². The van der Waals surface area contributed by atoms with Crippen LogP contribution in [0.25, 0.3) is 32.0 Å². The van der Waals surface area contributed by atoms with Gasteiger partial charge in [-0.25, -0.2) is 0 Å². The van der Waals surface area contributed by atoms with E-state index in [9.17, 15) is 0 Å². The van der Waals surface area contributed by atoms with Gasteiger partial charge in [-0.3, -0.25) is 0 Å². The van der Waals surface area contributed by atoms with E-state index >= 15 is 0 Å². The van der Waals surface area contributed by atoms with Crippen molar-refractivity contribution in [2.45, 2.75) is 20.3 Å². The molecule has 0 radical (unpaired) electrons. The molecule has 1 heteroatoms. The van der Waals surface area contributed by atoms with Crippen LogP contribution in [-0.2, 0) is 6.42 Å². The molecule has 0 saturated carbocycles. The van der Waals surface area contributed by atoms with Crippen molar-refractivity contribution in [1.29, 1.82) is 0 Å². The van der Waals surface area contributed by atoms with Gasteiger partial charge in [0.1, 0.15) is 0 Å². The molecule has 0 aliphatic heterocycles. The van der Waals surface area contributed by atoms with E-state index in [4.69, 9.17) is 0 Å². The first kappa shape index (κ1) is 13.5. The molecule has 4 rings (SSSR count). The van der Waals surface area contributed by atoms with Gasteiger partial charge in [0.2, 0.25) is 0 Å². The second-order valence-electron chi connectivity index (χ2n) is 5.80. The summed E-state index contributed by atoms with van der Waals surface area (Å²) in [6.07, 6.45) is 1.06. The second-order valence-corrected chi connectivity index (χ2v) is 6.75. The fraction of sp³-hybridized carbons (Fsp3) is 0.143. The van der Waals surface area contributed by atoms with Gasteiger partial charge >= 0.3 is 0 Å². The predicted molar refractivity (Wildman–Crippen MR) is 98.9 cm³/mol. The lowest BCUT2D eigenvalue weighted by Gasteiger charge is -2.15. The van der Waals surface area contributed by atoms with Gasteiger partial charge in [-0.2, -0.15) is 0 Å². The molecule has 0 amide bonds. The molecule has 108 valence electrons. The first-order valence-corrected chi connectivity index (χ1v) is 8.64. The predicted octanol–water partition coefficient (Wildman–Crippen LogP) is 6.59. The highest BCUT2D eigenvalue weighted by Crippen LogP contribution is 2.37. The molecule has 3 aromatic carbocycles. The maximum Gasteiger partial charge on any atom is 0.0349 e. The fourth-order valence-electron chi connectivity index (χ4n) is 3.32. The molecule has 0 aliphatic rings. The highest BCUT2D eigenvalue weighted by atomic mass is 32.1. The quantitative estimate of drug-likeness (QED) is 0.391. The smallest absolute Gasteiger partial charge is 0.0349 e. The van der Waals surface area contributed by atoms with E-state index in [-0.39, 0.29) is 0 Å². The maximum absolute atomic E-state index is 2.37. The largest absolute Gasteiger partial charge is 0.144 e. The first-order valence-electron chi connectivity index (χ1n) is 7.77. The zero-order chi connectivity index (χ0) is 15.1. The summed E-state index contributed by atoms with van der Waals surface area (Å²) in [6.45, 7) is 4.47. The Bertz CT molecular complexity index is 976. The summed E-state index contributed by atoms with van der Waals surface area (Å²) in [5.41, 5.74) is 5.58. The number of fused-ring (bicyclic) bond motifs is 2. The van der Waals surface area contributed by atoms with E-state index in [1.54, 1.807) is 0 Å². The lowest BCUT2D eigenvalue weighted by molar-refractivity contribution is 1.15. The molecular weight excluding hydrogens is 284 g/mol. The number of aryl methyl sites for hydroxylation is 2.